The minimum Gasteiger partial charge on any atom is -0.368 e. The molecule has 0 amide bonds. The first-order chi connectivity index (χ1) is 12.3. The molecule has 1 aliphatic rings. The molecule has 6 nitrogen and oxygen atoms in total. The Morgan fingerprint density at radius 1 is 1.00 bits per heavy atom. The number of hydrogen-bond acceptors (Lipinski definition) is 4. The van der Waals surface area contributed by atoms with Crippen molar-refractivity contribution >= 4 is 38.7 Å². The lowest BCUT2D eigenvalue weighted by atomic mass is 10.2. The Hall–Kier alpha value is -2.23. The normalized spacial score (nSPS) is 15.0. The van der Waals surface area contributed by atoms with Crippen LogP contribution in [0.4, 0.5) is 15.8 Å². The first kappa shape index (κ1) is 18.6. The highest BCUT2D eigenvalue weighted by Crippen LogP contribution is 2.18. The molecule has 0 unspecified atom stereocenters. The van der Waals surface area contributed by atoms with Gasteiger partial charge in [-0.2, -0.15) is 0 Å². The summed E-state index contributed by atoms with van der Waals surface area (Å²) in [5, 5.41) is 8.77. The highest BCUT2D eigenvalue weighted by Gasteiger charge is 2.19. The van der Waals surface area contributed by atoms with E-state index in [1.807, 2.05) is 4.90 Å². The number of thiocarbonyl (C=S) groups is 1. The zero-order valence-corrected chi connectivity index (χ0v) is 15.6. The maximum atomic E-state index is 13.0. The smallest absolute Gasteiger partial charge is 0.238 e. The molecule has 2 aromatic rings. The van der Waals surface area contributed by atoms with Gasteiger partial charge in [0.1, 0.15) is 5.82 Å². The Bertz CT molecular complexity index is 878. The number of rotatable bonds is 3. The van der Waals surface area contributed by atoms with Crippen LogP contribution in [-0.4, -0.2) is 44.6 Å². The van der Waals surface area contributed by atoms with Crippen molar-refractivity contribution < 1.29 is 12.8 Å². The topological polar surface area (TPSA) is 78.7 Å². The molecule has 0 radical (unpaired) electrons. The van der Waals surface area contributed by atoms with Crippen LogP contribution in [0.25, 0.3) is 0 Å². The van der Waals surface area contributed by atoms with E-state index in [0.717, 1.165) is 31.9 Å². The number of halogens is 1. The Balaban J connectivity index is 1.56. The molecule has 3 rings (SSSR count). The van der Waals surface area contributed by atoms with E-state index in [2.05, 4.69) is 10.2 Å². The summed E-state index contributed by atoms with van der Waals surface area (Å²) in [4.78, 5) is 4.28. The molecule has 26 heavy (non-hydrogen) atoms. The molecule has 3 N–H and O–H groups in total. The van der Waals surface area contributed by atoms with Crippen LogP contribution >= 0.6 is 12.2 Å². The number of sulfonamides is 1. The van der Waals surface area contributed by atoms with Crippen molar-refractivity contribution in [3.63, 3.8) is 0 Å². The molecule has 138 valence electrons. The fourth-order valence-corrected chi connectivity index (χ4v) is 3.57. The van der Waals surface area contributed by atoms with E-state index in [4.69, 9.17) is 17.4 Å². The number of benzene rings is 2. The van der Waals surface area contributed by atoms with Crippen molar-refractivity contribution in [1.82, 2.24) is 4.90 Å². The van der Waals surface area contributed by atoms with Gasteiger partial charge in [-0.25, -0.2) is 17.9 Å². The first-order valence-corrected chi connectivity index (χ1v) is 9.98. The Morgan fingerprint density at radius 2 is 1.58 bits per heavy atom. The second-order valence-electron chi connectivity index (χ2n) is 5.95. The maximum absolute atomic E-state index is 13.0. The molecule has 1 saturated heterocycles. The average molecular weight is 394 g/mol. The van der Waals surface area contributed by atoms with E-state index in [9.17, 15) is 12.8 Å². The monoisotopic (exact) mass is 394 g/mol. The van der Waals surface area contributed by atoms with Gasteiger partial charge in [-0.15, -0.1) is 0 Å². The van der Waals surface area contributed by atoms with E-state index in [-0.39, 0.29) is 10.7 Å². The van der Waals surface area contributed by atoms with Gasteiger partial charge in [-0.3, -0.25) is 0 Å². The quantitative estimate of drug-likeness (QED) is 0.776. The van der Waals surface area contributed by atoms with Crippen molar-refractivity contribution in [2.24, 2.45) is 5.14 Å². The summed E-state index contributed by atoms with van der Waals surface area (Å²) in [5.41, 5.74) is 1.69. The third kappa shape index (κ3) is 4.48. The fraction of sp³-hybridized carbons (Fsp3) is 0.235. The lowest BCUT2D eigenvalue weighted by molar-refractivity contribution is 0.391. The third-order valence-electron chi connectivity index (χ3n) is 4.19. The second kappa shape index (κ2) is 7.56. The molecule has 0 bridgehead atoms. The van der Waals surface area contributed by atoms with E-state index in [1.165, 1.54) is 24.3 Å². The van der Waals surface area contributed by atoms with Crippen LogP contribution in [0.15, 0.2) is 53.4 Å². The molecule has 1 heterocycles. The number of nitrogens with zero attached hydrogens (tertiary/aromatic N) is 2. The van der Waals surface area contributed by atoms with E-state index < -0.39 is 10.0 Å². The number of nitrogens with two attached hydrogens (primary N) is 1. The molecule has 1 aliphatic heterocycles. The molecular weight excluding hydrogens is 375 g/mol. The molecule has 0 aromatic heterocycles. The van der Waals surface area contributed by atoms with E-state index in [0.29, 0.717) is 10.8 Å². The van der Waals surface area contributed by atoms with Gasteiger partial charge in [0.25, 0.3) is 0 Å². The van der Waals surface area contributed by atoms with Crippen molar-refractivity contribution in [3.8, 4) is 0 Å². The van der Waals surface area contributed by atoms with Gasteiger partial charge in [-0.05, 0) is 60.7 Å². The largest absolute Gasteiger partial charge is 0.368 e. The van der Waals surface area contributed by atoms with Crippen LogP contribution in [0.3, 0.4) is 0 Å². The highest BCUT2D eigenvalue weighted by molar-refractivity contribution is 7.89. The van der Waals surface area contributed by atoms with Gasteiger partial charge >= 0.3 is 0 Å². The lowest BCUT2D eigenvalue weighted by Gasteiger charge is -2.37. The predicted octanol–water partition coefficient (Wildman–Crippen LogP) is 1.99. The van der Waals surface area contributed by atoms with Crippen LogP contribution in [0.2, 0.25) is 0 Å². The van der Waals surface area contributed by atoms with Crippen LogP contribution in [-0.2, 0) is 10.0 Å². The summed E-state index contributed by atoms with van der Waals surface area (Å²) < 4.78 is 35.6. The Kier molecular flexibility index (Phi) is 5.40. The van der Waals surface area contributed by atoms with Crippen LogP contribution in [0, 0.1) is 5.82 Å². The zero-order valence-electron chi connectivity index (χ0n) is 13.9. The average Bonchev–Trinajstić information content (AvgIpc) is 2.62. The lowest BCUT2D eigenvalue weighted by Crippen LogP contribution is -2.50. The predicted molar refractivity (Wildman–Crippen MR) is 104 cm³/mol. The number of hydrogen-bond donors (Lipinski definition) is 2. The van der Waals surface area contributed by atoms with Crippen LogP contribution < -0.4 is 15.4 Å². The SMILES string of the molecule is NS(=O)(=O)c1ccc(NC(=S)N2CCN(c3ccc(F)cc3)CC2)cc1. The molecular formula is C17H19FN4O2S2. The third-order valence-corrected chi connectivity index (χ3v) is 5.48. The Morgan fingerprint density at radius 3 is 2.12 bits per heavy atom. The summed E-state index contributed by atoms with van der Waals surface area (Å²) in [6.07, 6.45) is 0. The van der Waals surface area contributed by atoms with Gasteiger partial charge in [0.05, 0.1) is 4.90 Å². The first-order valence-electron chi connectivity index (χ1n) is 8.02. The summed E-state index contributed by atoms with van der Waals surface area (Å²) in [7, 11) is -3.70. The van der Waals surface area contributed by atoms with Gasteiger partial charge in [0.2, 0.25) is 10.0 Å². The molecule has 2 aromatic carbocycles. The van der Waals surface area contributed by atoms with Crippen molar-refractivity contribution in [1.29, 1.82) is 0 Å². The minimum atomic E-state index is -3.70. The van der Waals surface area contributed by atoms with E-state index >= 15 is 0 Å². The highest BCUT2D eigenvalue weighted by atomic mass is 32.2. The van der Waals surface area contributed by atoms with Crippen molar-refractivity contribution in [2.75, 3.05) is 36.4 Å². The van der Waals surface area contributed by atoms with Gasteiger partial charge in [-0.1, -0.05) is 0 Å². The molecule has 0 saturated carbocycles. The number of anilines is 2. The fourth-order valence-electron chi connectivity index (χ4n) is 2.75. The molecule has 9 heteroatoms. The van der Waals surface area contributed by atoms with Gasteiger partial charge < -0.3 is 15.1 Å². The van der Waals surface area contributed by atoms with Crippen molar-refractivity contribution in [3.05, 3.63) is 54.3 Å². The molecule has 0 spiro atoms. The second-order valence-corrected chi connectivity index (χ2v) is 7.90. The zero-order chi connectivity index (χ0) is 18.7. The van der Waals surface area contributed by atoms with Crippen LogP contribution in [0.1, 0.15) is 0 Å². The van der Waals surface area contributed by atoms with Crippen LogP contribution in [0.5, 0.6) is 0 Å². The van der Waals surface area contributed by atoms with Gasteiger partial charge in [0.15, 0.2) is 5.11 Å². The summed E-state index contributed by atoms with van der Waals surface area (Å²) in [6.45, 7) is 3.02. The standard InChI is InChI=1S/C17H19FN4O2S2/c18-13-1-5-15(6-2-13)21-9-11-22(12-10-21)17(25)20-14-3-7-16(8-4-14)26(19,23)24/h1-8H,9-12H2,(H,20,25)(H2,19,23,24). The minimum absolute atomic E-state index is 0.0573. The Labute approximate surface area is 157 Å². The molecule has 1 fully saturated rings. The van der Waals surface area contributed by atoms with Crippen molar-refractivity contribution in [2.45, 2.75) is 4.90 Å². The molecule has 0 aliphatic carbocycles. The van der Waals surface area contributed by atoms with Gasteiger partial charge in [0, 0.05) is 37.6 Å². The molecule has 0 atom stereocenters. The number of nitrogens with one attached hydrogen (secondary N) is 1. The summed E-state index contributed by atoms with van der Waals surface area (Å²) in [5.74, 6) is -0.244. The number of primary sulfonamides is 1. The van der Waals surface area contributed by atoms with E-state index in [1.54, 1.807) is 24.3 Å². The summed E-state index contributed by atoms with van der Waals surface area (Å²) in [6, 6.07) is 12.6. The number of piperazine rings is 1. The summed E-state index contributed by atoms with van der Waals surface area (Å²) >= 11 is 5.44. The maximum Gasteiger partial charge on any atom is 0.238 e.